The molecule has 9 heteroatoms. The van der Waals surface area contributed by atoms with E-state index in [1.807, 2.05) is 51.1 Å². The molecule has 0 saturated carbocycles. The molecule has 0 aliphatic carbocycles. The van der Waals surface area contributed by atoms with E-state index in [1.54, 1.807) is 36.4 Å². The van der Waals surface area contributed by atoms with Gasteiger partial charge in [-0.15, -0.1) is 0 Å². The minimum absolute atomic E-state index is 0.157. The molecule has 0 amide bonds. The molecule has 8 nitrogen and oxygen atoms in total. The molecule has 0 saturated heterocycles. The first-order chi connectivity index (χ1) is 16.8. The quantitative estimate of drug-likeness (QED) is 0.274. The normalized spacial score (nSPS) is 11.1. The molecule has 0 aliphatic heterocycles. The number of sulfonamides is 1. The SMILES string of the molecule is CCOc1ccc(S(=O)(=O)Nc2ccc(Nc3nc(C)cc(Nc4ccc(C)cc4)n3)cc2)cc1. The predicted octanol–water partition coefficient (Wildman–Crippen LogP) is 5.78. The first-order valence-electron chi connectivity index (χ1n) is 11.1. The second-order valence-electron chi connectivity index (χ2n) is 7.92. The van der Waals surface area contributed by atoms with Crippen LogP contribution in [0, 0.1) is 13.8 Å². The van der Waals surface area contributed by atoms with Crippen molar-refractivity contribution >= 4 is 38.9 Å². The standard InChI is InChI=1S/C26H27N5O3S/c1-4-34-23-13-15-24(16-14-23)35(32,33)31-22-11-9-21(10-12-22)29-26-27-19(3)17-25(30-26)28-20-7-5-18(2)6-8-20/h5-17,31H,4H2,1-3H3,(H2,27,28,29,30). The van der Waals surface area contributed by atoms with Gasteiger partial charge < -0.3 is 15.4 Å². The topological polar surface area (TPSA) is 105 Å². The van der Waals surface area contributed by atoms with Crippen LogP contribution in [-0.4, -0.2) is 25.0 Å². The molecular formula is C26H27N5O3S. The van der Waals surface area contributed by atoms with Gasteiger partial charge in [-0.25, -0.2) is 13.4 Å². The van der Waals surface area contributed by atoms with E-state index < -0.39 is 10.0 Å². The largest absolute Gasteiger partial charge is 0.494 e. The summed E-state index contributed by atoms with van der Waals surface area (Å²) in [6, 6.07) is 23.1. The number of ether oxygens (including phenoxy) is 1. The fraction of sp³-hybridized carbons (Fsp3) is 0.154. The van der Waals surface area contributed by atoms with Crippen molar-refractivity contribution in [3.05, 3.63) is 90.1 Å². The van der Waals surface area contributed by atoms with Crippen molar-refractivity contribution < 1.29 is 13.2 Å². The number of rotatable bonds is 9. The Labute approximate surface area is 205 Å². The van der Waals surface area contributed by atoms with Crippen LogP contribution in [0.1, 0.15) is 18.2 Å². The second kappa shape index (κ2) is 10.4. The molecule has 1 heterocycles. The van der Waals surface area contributed by atoms with Crippen LogP contribution in [0.4, 0.5) is 28.8 Å². The van der Waals surface area contributed by atoms with Gasteiger partial charge in [0.05, 0.1) is 11.5 Å². The van der Waals surface area contributed by atoms with Gasteiger partial charge in [0.15, 0.2) is 0 Å². The van der Waals surface area contributed by atoms with Crippen molar-refractivity contribution in [3.8, 4) is 5.75 Å². The van der Waals surface area contributed by atoms with Gasteiger partial charge in [0, 0.05) is 28.8 Å². The summed E-state index contributed by atoms with van der Waals surface area (Å²) in [6.45, 7) is 6.32. The van der Waals surface area contributed by atoms with Crippen LogP contribution in [-0.2, 0) is 10.0 Å². The van der Waals surface area contributed by atoms with Crippen LogP contribution < -0.4 is 20.1 Å². The van der Waals surface area contributed by atoms with Gasteiger partial charge in [-0.3, -0.25) is 4.72 Å². The van der Waals surface area contributed by atoms with Gasteiger partial charge in [0.2, 0.25) is 5.95 Å². The summed E-state index contributed by atoms with van der Waals surface area (Å²) in [6.07, 6.45) is 0. The molecule has 0 spiro atoms. The number of benzene rings is 3. The molecule has 1 aromatic heterocycles. The maximum Gasteiger partial charge on any atom is 0.261 e. The van der Waals surface area contributed by atoms with E-state index >= 15 is 0 Å². The average molecular weight is 490 g/mol. The van der Waals surface area contributed by atoms with Crippen LogP contribution >= 0.6 is 0 Å². The van der Waals surface area contributed by atoms with Crippen molar-refractivity contribution in [2.45, 2.75) is 25.7 Å². The second-order valence-corrected chi connectivity index (χ2v) is 9.60. The number of anilines is 5. The monoisotopic (exact) mass is 489 g/mol. The lowest BCUT2D eigenvalue weighted by molar-refractivity contribution is 0.340. The van der Waals surface area contributed by atoms with Gasteiger partial charge >= 0.3 is 0 Å². The van der Waals surface area contributed by atoms with E-state index in [1.165, 1.54) is 17.7 Å². The number of nitrogens with one attached hydrogen (secondary N) is 3. The minimum Gasteiger partial charge on any atom is -0.494 e. The maximum absolute atomic E-state index is 12.7. The summed E-state index contributed by atoms with van der Waals surface area (Å²) in [5.41, 5.74) is 4.08. The summed E-state index contributed by atoms with van der Waals surface area (Å²) >= 11 is 0. The smallest absolute Gasteiger partial charge is 0.261 e. The highest BCUT2D eigenvalue weighted by Crippen LogP contribution is 2.23. The Morgan fingerprint density at radius 3 is 2.03 bits per heavy atom. The van der Waals surface area contributed by atoms with Gasteiger partial charge in [0.1, 0.15) is 11.6 Å². The zero-order chi connectivity index (χ0) is 24.8. The molecule has 4 rings (SSSR count). The predicted molar refractivity (Wildman–Crippen MR) is 139 cm³/mol. The van der Waals surface area contributed by atoms with Crippen molar-refractivity contribution in [2.24, 2.45) is 0 Å². The molecule has 4 aromatic rings. The first kappa shape index (κ1) is 24.0. The van der Waals surface area contributed by atoms with E-state index in [2.05, 4.69) is 25.3 Å². The Balaban J connectivity index is 1.43. The lowest BCUT2D eigenvalue weighted by Crippen LogP contribution is -2.12. The van der Waals surface area contributed by atoms with Crippen LogP contribution in [0.2, 0.25) is 0 Å². The molecule has 0 unspecified atom stereocenters. The van der Waals surface area contributed by atoms with Crippen molar-refractivity contribution in [3.63, 3.8) is 0 Å². The van der Waals surface area contributed by atoms with Crippen LogP contribution in [0.5, 0.6) is 5.75 Å². The van der Waals surface area contributed by atoms with E-state index in [0.717, 1.165) is 17.1 Å². The molecule has 35 heavy (non-hydrogen) atoms. The van der Waals surface area contributed by atoms with Crippen LogP contribution in [0.25, 0.3) is 0 Å². The zero-order valence-electron chi connectivity index (χ0n) is 19.7. The molecule has 0 fully saturated rings. The molecule has 0 bridgehead atoms. The fourth-order valence-electron chi connectivity index (χ4n) is 3.32. The number of hydrogen-bond acceptors (Lipinski definition) is 7. The molecule has 0 aliphatic rings. The van der Waals surface area contributed by atoms with Gasteiger partial charge in [-0.1, -0.05) is 17.7 Å². The van der Waals surface area contributed by atoms with E-state index in [4.69, 9.17) is 4.74 Å². The average Bonchev–Trinajstić information content (AvgIpc) is 2.82. The Bertz CT molecular complexity index is 1390. The summed E-state index contributed by atoms with van der Waals surface area (Å²) in [4.78, 5) is 9.13. The lowest BCUT2D eigenvalue weighted by atomic mass is 10.2. The van der Waals surface area contributed by atoms with Crippen molar-refractivity contribution in [1.82, 2.24) is 9.97 Å². The Morgan fingerprint density at radius 2 is 1.37 bits per heavy atom. The Hall–Kier alpha value is -4.11. The van der Waals surface area contributed by atoms with E-state index in [0.29, 0.717) is 29.8 Å². The molecule has 3 aromatic carbocycles. The molecule has 0 radical (unpaired) electrons. The Morgan fingerprint density at radius 1 is 0.771 bits per heavy atom. The summed E-state index contributed by atoms with van der Waals surface area (Å²) < 4.78 is 33.3. The van der Waals surface area contributed by atoms with E-state index in [-0.39, 0.29) is 4.90 Å². The van der Waals surface area contributed by atoms with Crippen LogP contribution in [0.3, 0.4) is 0 Å². The third-order valence-electron chi connectivity index (χ3n) is 5.02. The minimum atomic E-state index is -3.72. The summed E-state index contributed by atoms with van der Waals surface area (Å²) in [5.74, 6) is 1.73. The molecule has 180 valence electrons. The summed E-state index contributed by atoms with van der Waals surface area (Å²) in [7, 11) is -3.72. The third kappa shape index (κ3) is 6.48. The first-order valence-corrected chi connectivity index (χ1v) is 12.6. The van der Waals surface area contributed by atoms with Gasteiger partial charge in [0.25, 0.3) is 10.0 Å². The van der Waals surface area contributed by atoms with Crippen molar-refractivity contribution in [1.29, 1.82) is 0 Å². The molecular weight excluding hydrogens is 462 g/mol. The fourth-order valence-corrected chi connectivity index (χ4v) is 4.38. The number of aryl methyl sites for hydroxylation is 2. The number of nitrogens with zero attached hydrogens (tertiary/aromatic N) is 2. The van der Waals surface area contributed by atoms with Gasteiger partial charge in [-0.05, 0) is 81.4 Å². The zero-order valence-corrected chi connectivity index (χ0v) is 20.6. The van der Waals surface area contributed by atoms with Crippen molar-refractivity contribution in [2.75, 3.05) is 22.0 Å². The molecule has 3 N–H and O–H groups in total. The Kier molecular flexibility index (Phi) is 7.17. The number of aromatic nitrogens is 2. The van der Waals surface area contributed by atoms with Crippen LogP contribution in [0.15, 0.2) is 83.8 Å². The third-order valence-corrected chi connectivity index (χ3v) is 6.41. The highest BCUT2D eigenvalue weighted by Gasteiger charge is 2.14. The number of hydrogen-bond donors (Lipinski definition) is 3. The van der Waals surface area contributed by atoms with E-state index in [9.17, 15) is 8.42 Å². The van der Waals surface area contributed by atoms with Gasteiger partial charge in [-0.2, -0.15) is 4.98 Å². The molecule has 0 atom stereocenters. The lowest BCUT2D eigenvalue weighted by Gasteiger charge is -2.12. The maximum atomic E-state index is 12.7. The highest BCUT2D eigenvalue weighted by atomic mass is 32.2. The highest BCUT2D eigenvalue weighted by molar-refractivity contribution is 7.92. The summed E-state index contributed by atoms with van der Waals surface area (Å²) in [5, 5.41) is 6.45.